The fraction of sp³-hybridized carbons (Fsp3) is 0.889. The monoisotopic (exact) mass is 187 g/mol. The molecule has 4 nitrogen and oxygen atoms in total. The number of carbonyl (C=O) groups is 1. The number of nitrogens with zero attached hydrogens (tertiary/aromatic N) is 1. The fourth-order valence-electron chi connectivity index (χ4n) is 1.58. The molecule has 1 rings (SSSR count). The summed E-state index contributed by atoms with van der Waals surface area (Å²) in [5.74, 6) is 0.481. The summed E-state index contributed by atoms with van der Waals surface area (Å²) in [6, 6.07) is 0. The molecule has 1 aliphatic heterocycles. The number of carbonyl (C=O) groups excluding carboxylic acids is 1. The maximum atomic E-state index is 11.3. The number of hydrogen-bond acceptors (Lipinski definition) is 3. The zero-order valence-corrected chi connectivity index (χ0v) is 8.28. The van der Waals surface area contributed by atoms with Gasteiger partial charge in [-0.3, -0.25) is 0 Å². The first-order valence-corrected chi connectivity index (χ1v) is 4.68. The second-order valence-electron chi connectivity index (χ2n) is 3.25. The average Bonchev–Trinajstić information content (AvgIpc) is 2.54. The normalized spacial score (nSPS) is 22.0. The van der Waals surface area contributed by atoms with E-state index in [9.17, 15) is 4.79 Å². The lowest BCUT2D eigenvalue weighted by atomic mass is 10.1. The summed E-state index contributed by atoms with van der Waals surface area (Å²) in [6.07, 6.45) is 0.827. The molecule has 1 aliphatic rings. The number of ether oxygens (including phenoxy) is 2. The Balaban J connectivity index is 2.27. The standard InChI is InChI=1S/C9H17NO3/c1-3-13-9(11)10-5-4-8(6-10)7-12-2/h8H,3-7H2,1-2H3/t8-/m1/s1. The summed E-state index contributed by atoms with van der Waals surface area (Å²) in [5.41, 5.74) is 0. The van der Waals surface area contributed by atoms with Crippen LogP contribution in [0.25, 0.3) is 0 Å². The zero-order valence-electron chi connectivity index (χ0n) is 8.28. The van der Waals surface area contributed by atoms with Crippen LogP contribution in [0.1, 0.15) is 13.3 Å². The summed E-state index contributed by atoms with van der Waals surface area (Å²) >= 11 is 0. The summed E-state index contributed by atoms with van der Waals surface area (Å²) in [7, 11) is 1.69. The highest BCUT2D eigenvalue weighted by molar-refractivity contribution is 5.67. The minimum Gasteiger partial charge on any atom is -0.450 e. The topological polar surface area (TPSA) is 38.8 Å². The second kappa shape index (κ2) is 5.07. The number of amides is 1. The number of methoxy groups -OCH3 is 1. The predicted octanol–water partition coefficient (Wildman–Crippen LogP) is 1.11. The van der Waals surface area contributed by atoms with Crippen LogP contribution in [0.15, 0.2) is 0 Å². The SMILES string of the molecule is CCOC(=O)N1CC[C@@H](COC)C1. The molecule has 1 atom stereocenters. The molecule has 4 heteroatoms. The van der Waals surface area contributed by atoms with E-state index in [0.29, 0.717) is 12.5 Å². The third-order valence-corrected chi connectivity index (χ3v) is 2.21. The van der Waals surface area contributed by atoms with Gasteiger partial charge in [-0.25, -0.2) is 4.79 Å². The van der Waals surface area contributed by atoms with Gasteiger partial charge in [0.15, 0.2) is 0 Å². The first-order chi connectivity index (χ1) is 6.27. The molecule has 0 saturated carbocycles. The van der Waals surface area contributed by atoms with Crippen molar-refractivity contribution in [3.05, 3.63) is 0 Å². The number of hydrogen-bond donors (Lipinski definition) is 0. The molecular weight excluding hydrogens is 170 g/mol. The summed E-state index contributed by atoms with van der Waals surface area (Å²) < 4.78 is 9.93. The minimum atomic E-state index is -0.193. The number of likely N-dealkylation sites (tertiary alicyclic amines) is 1. The van der Waals surface area contributed by atoms with E-state index >= 15 is 0 Å². The highest BCUT2D eigenvalue weighted by Gasteiger charge is 2.26. The Labute approximate surface area is 78.8 Å². The van der Waals surface area contributed by atoms with Crippen LogP contribution in [0.2, 0.25) is 0 Å². The van der Waals surface area contributed by atoms with Crippen LogP contribution in [0.5, 0.6) is 0 Å². The lowest BCUT2D eigenvalue weighted by Gasteiger charge is -2.15. The molecule has 0 unspecified atom stereocenters. The van der Waals surface area contributed by atoms with Crippen molar-refractivity contribution in [3.8, 4) is 0 Å². The molecule has 1 fully saturated rings. The first kappa shape index (κ1) is 10.3. The molecule has 0 radical (unpaired) electrons. The Morgan fingerprint density at radius 3 is 3.00 bits per heavy atom. The van der Waals surface area contributed by atoms with Crippen molar-refractivity contribution in [2.75, 3.05) is 33.4 Å². The molecule has 1 amide bonds. The van der Waals surface area contributed by atoms with Crippen molar-refractivity contribution in [2.24, 2.45) is 5.92 Å². The van der Waals surface area contributed by atoms with Crippen LogP contribution < -0.4 is 0 Å². The summed E-state index contributed by atoms with van der Waals surface area (Å²) in [6.45, 7) is 4.57. The maximum Gasteiger partial charge on any atom is 0.409 e. The Morgan fingerprint density at radius 1 is 1.62 bits per heavy atom. The van der Waals surface area contributed by atoms with Crippen molar-refractivity contribution in [2.45, 2.75) is 13.3 Å². The van der Waals surface area contributed by atoms with E-state index in [1.807, 2.05) is 6.92 Å². The van der Waals surface area contributed by atoms with Gasteiger partial charge in [0.2, 0.25) is 0 Å². The largest absolute Gasteiger partial charge is 0.450 e. The molecule has 76 valence electrons. The zero-order chi connectivity index (χ0) is 9.68. The molecule has 0 aliphatic carbocycles. The molecular formula is C9H17NO3. The Kier molecular flexibility index (Phi) is 4.02. The van der Waals surface area contributed by atoms with E-state index in [0.717, 1.165) is 26.1 Å². The number of rotatable bonds is 3. The van der Waals surface area contributed by atoms with Crippen LogP contribution in [0.4, 0.5) is 4.79 Å². The van der Waals surface area contributed by atoms with Gasteiger partial charge in [-0.05, 0) is 13.3 Å². The van der Waals surface area contributed by atoms with Gasteiger partial charge in [0.25, 0.3) is 0 Å². The maximum absolute atomic E-state index is 11.3. The van der Waals surface area contributed by atoms with Crippen LogP contribution in [-0.2, 0) is 9.47 Å². The lowest BCUT2D eigenvalue weighted by Crippen LogP contribution is -2.29. The molecule has 1 saturated heterocycles. The van der Waals surface area contributed by atoms with E-state index in [1.54, 1.807) is 12.0 Å². The highest BCUT2D eigenvalue weighted by Crippen LogP contribution is 2.16. The minimum absolute atomic E-state index is 0.193. The third-order valence-electron chi connectivity index (χ3n) is 2.21. The Bertz CT molecular complexity index is 172. The van der Waals surface area contributed by atoms with Crippen molar-refractivity contribution in [1.29, 1.82) is 0 Å². The van der Waals surface area contributed by atoms with E-state index in [1.165, 1.54) is 0 Å². The van der Waals surface area contributed by atoms with Gasteiger partial charge in [-0.15, -0.1) is 0 Å². The van der Waals surface area contributed by atoms with Crippen LogP contribution >= 0.6 is 0 Å². The highest BCUT2D eigenvalue weighted by atomic mass is 16.6. The van der Waals surface area contributed by atoms with Crippen LogP contribution in [0, 0.1) is 5.92 Å². The molecule has 1 heterocycles. The van der Waals surface area contributed by atoms with E-state index < -0.39 is 0 Å². The molecule has 0 spiro atoms. The van der Waals surface area contributed by atoms with Gasteiger partial charge in [0, 0.05) is 26.1 Å². The van der Waals surface area contributed by atoms with Crippen LogP contribution in [0.3, 0.4) is 0 Å². The van der Waals surface area contributed by atoms with Gasteiger partial charge >= 0.3 is 6.09 Å². The molecule has 0 bridgehead atoms. The van der Waals surface area contributed by atoms with Crippen molar-refractivity contribution in [1.82, 2.24) is 4.90 Å². The molecule has 0 aromatic heterocycles. The second-order valence-corrected chi connectivity index (χ2v) is 3.25. The molecule has 13 heavy (non-hydrogen) atoms. The van der Waals surface area contributed by atoms with E-state index in [4.69, 9.17) is 9.47 Å². The lowest BCUT2D eigenvalue weighted by molar-refractivity contribution is 0.109. The molecule has 0 aromatic carbocycles. The quantitative estimate of drug-likeness (QED) is 0.664. The predicted molar refractivity (Wildman–Crippen MR) is 48.6 cm³/mol. The average molecular weight is 187 g/mol. The Hall–Kier alpha value is -0.770. The van der Waals surface area contributed by atoms with Gasteiger partial charge in [0.05, 0.1) is 13.2 Å². The smallest absolute Gasteiger partial charge is 0.409 e. The van der Waals surface area contributed by atoms with Crippen molar-refractivity contribution < 1.29 is 14.3 Å². The molecule has 0 aromatic rings. The Morgan fingerprint density at radius 2 is 2.38 bits per heavy atom. The summed E-state index contributed by atoms with van der Waals surface area (Å²) in [4.78, 5) is 13.0. The molecule has 0 N–H and O–H groups in total. The van der Waals surface area contributed by atoms with Gasteiger partial charge in [-0.1, -0.05) is 0 Å². The van der Waals surface area contributed by atoms with Gasteiger partial charge < -0.3 is 14.4 Å². The van der Waals surface area contributed by atoms with Gasteiger partial charge in [0.1, 0.15) is 0 Å². The fourth-order valence-corrected chi connectivity index (χ4v) is 1.58. The van der Waals surface area contributed by atoms with E-state index in [-0.39, 0.29) is 6.09 Å². The van der Waals surface area contributed by atoms with Gasteiger partial charge in [-0.2, -0.15) is 0 Å². The van der Waals surface area contributed by atoms with E-state index in [2.05, 4.69) is 0 Å². The van der Waals surface area contributed by atoms with Crippen molar-refractivity contribution in [3.63, 3.8) is 0 Å². The third kappa shape index (κ3) is 2.88. The van der Waals surface area contributed by atoms with Crippen LogP contribution in [-0.4, -0.2) is 44.4 Å². The summed E-state index contributed by atoms with van der Waals surface area (Å²) in [5, 5.41) is 0. The van der Waals surface area contributed by atoms with Crippen molar-refractivity contribution >= 4 is 6.09 Å². The first-order valence-electron chi connectivity index (χ1n) is 4.68.